The highest BCUT2D eigenvalue weighted by Gasteiger charge is 2.11. The zero-order valence-electron chi connectivity index (χ0n) is 9.07. The Morgan fingerprint density at radius 1 is 1.40 bits per heavy atom. The van der Waals surface area contributed by atoms with Gasteiger partial charge in [0.1, 0.15) is 0 Å². The molecule has 0 fully saturated rings. The van der Waals surface area contributed by atoms with Crippen LogP contribution in [0.15, 0.2) is 23.1 Å². The maximum atomic E-state index is 11.4. The van der Waals surface area contributed by atoms with Crippen LogP contribution in [0.4, 0.5) is 0 Å². The Morgan fingerprint density at radius 3 is 2.67 bits per heavy atom. The maximum absolute atomic E-state index is 11.4. The van der Waals surface area contributed by atoms with E-state index in [1.807, 2.05) is 24.5 Å². The smallest absolute Gasteiger partial charge is 0.338 e. The normalized spacial score (nSPS) is 10.1. The molecule has 0 saturated carbocycles. The summed E-state index contributed by atoms with van der Waals surface area (Å²) in [5.74, 6) is 0.699. The van der Waals surface area contributed by atoms with Crippen LogP contribution < -0.4 is 0 Å². The summed E-state index contributed by atoms with van der Waals surface area (Å²) >= 11 is 3.34. The number of benzene rings is 1. The van der Waals surface area contributed by atoms with E-state index < -0.39 is 0 Å². The number of thioether (sulfide) groups is 2. The number of hydrogen-bond donors (Lipinski definition) is 0. The lowest BCUT2D eigenvalue weighted by molar-refractivity contribution is 0.0597. The van der Waals surface area contributed by atoms with Gasteiger partial charge in [0, 0.05) is 10.6 Å². The molecule has 0 aliphatic carbocycles. The summed E-state index contributed by atoms with van der Waals surface area (Å²) in [7, 11) is 1.41. The molecule has 0 N–H and O–H groups in total. The zero-order chi connectivity index (χ0) is 11.3. The standard InChI is InChI=1S/C11H14O2S2/c1-13-11(12)9-5-4-8(7-14-2)6-10(9)15-3/h4-6H,7H2,1-3H3. The Labute approximate surface area is 98.8 Å². The second kappa shape index (κ2) is 6.08. The Bertz CT molecular complexity index is 350. The second-order valence-electron chi connectivity index (χ2n) is 2.96. The van der Waals surface area contributed by atoms with E-state index in [1.54, 1.807) is 23.5 Å². The SMILES string of the molecule is COC(=O)c1ccc(CSC)cc1SC. The molecule has 0 aromatic heterocycles. The average Bonchev–Trinajstić information content (AvgIpc) is 2.28. The van der Waals surface area contributed by atoms with Crippen LogP contribution in [-0.4, -0.2) is 25.6 Å². The van der Waals surface area contributed by atoms with Crippen molar-refractivity contribution in [3.05, 3.63) is 29.3 Å². The summed E-state index contributed by atoms with van der Waals surface area (Å²) in [6.07, 6.45) is 4.03. The highest BCUT2D eigenvalue weighted by atomic mass is 32.2. The van der Waals surface area contributed by atoms with Crippen molar-refractivity contribution < 1.29 is 9.53 Å². The first-order chi connectivity index (χ1) is 7.22. The first kappa shape index (κ1) is 12.5. The third-order valence-electron chi connectivity index (χ3n) is 1.98. The van der Waals surface area contributed by atoms with Crippen molar-refractivity contribution in [3.8, 4) is 0 Å². The number of rotatable bonds is 4. The second-order valence-corrected chi connectivity index (χ2v) is 4.67. The molecule has 82 valence electrons. The van der Waals surface area contributed by atoms with Gasteiger partial charge in [0.25, 0.3) is 0 Å². The van der Waals surface area contributed by atoms with Gasteiger partial charge >= 0.3 is 5.97 Å². The molecule has 1 aromatic carbocycles. The molecule has 0 atom stereocenters. The molecule has 1 rings (SSSR count). The maximum Gasteiger partial charge on any atom is 0.338 e. The van der Waals surface area contributed by atoms with E-state index in [0.29, 0.717) is 5.56 Å². The molecule has 0 unspecified atom stereocenters. The highest BCUT2D eigenvalue weighted by molar-refractivity contribution is 7.98. The Kier molecular flexibility index (Phi) is 5.05. The van der Waals surface area contributed by atoms with Gasteiger partial charge in [-0.1, -0.05) is 6.07 Å². The summed E-state index contributed by atoms with van der Waals surface area (Å²) in [4.78, 5) is 12.4. The van der Waals surface area contributed by atoms with Crippen LogP contribution in [0.25, 0.3) is 0 Å². The first-order valence-corrected chi connectivity index (χ1v) is 7.09. The van der Waals surface area contributed by atoms with Crippen molar-refractivity contribution in [1.29, 1.82) is 0 Å². The molecular weight excluding hydrogens is 228 g/mol. The summed E-state index contributed by atoms with van der Waals surface area (Å²) < 4.78 is 4.72. The number of carbonyl (C=O) groups is 1. The molecule has 0 aliphatic rings. The predicted molar refractivity (Wildman–Crippen MR) is 66.8 cm³/mol. The van der Waals surface area contributed by atoms with E-state index in [4.69, 9.17) is 4.74 Å². The molecule has 4 heteroatoms. The minimum atomic E-state index is -0.268. The Balaban J connectivity index is 3.03. The van der Waals surface area contributed by atoms with Gasteiger partial charge in [-0.05, 0) is 30.2 Å². The molecule has 1 aromatic rings. The Hall–Kier alpha value is -0.610. The van der Waals surface area contributed by atoms with Crippen LogP contribution in [0, 0.1) is 0 Å². The van der Waals surface area contributed by atoms with Crippen LogP contribution in [0.5, 0.6) is 0 Å². The topological polar surface area (TPSA) is 26.3 Å². The average molecular weight is 242 g/mol. The van der Waals surface area contributed by atoms with Crippen LogP contribution in [-0.2, 0) is 10.5 Å². The lowest BCUT2D eigenvalue weighted by Crippen LogP contribution is -2.03. The van der Waals surface area contributed by atoms with Crippen molar-refractivity contribution in [2.24, 2.45) is 0 Å². The fourth-order valence-corrected chi connectivity index (χ4v) is 2.42. The molecule has 0 amide bonds. The number of esters is 1. The van der Waals surface area contributed by atoms with E-state index in [0.717, 1.165) is 10.6 Å². The first-order valence-electron chi connectivity index (χ1n) is 4.47. The molecule has 0 aliphatic heterocycles. The number of ether oxygens (including phenoxy) is 1. The van der Waals surface area contributed by atoms with E-state index in [1.165, 1.54) is 12.7 Å². The van der Waals surface area contributed by atoms with E-state index >= 15 is 0 Å². The third-order valence-corrected chi connectivity index (χ3v) is 3.38. The molecule has 0 heterocycles. The highest BCUT2D eigenvalue weighted by Crippen LogP contribution is 2.24. The molecule has 2 nitrogen and oxygen atoms in total. The van der Waals surface area contributed by atoms with Crippen molar-refractivity contribution in [2.75, 3.05) is 19.6 Å². The lowest BCUT2D eigenvalue weighted by Gasteiger charge is -2.07. The van der Waals surface area contributed by atoms with Gasteiger partial charge < -0.3 is 4.74 Å². The molecule has 0 bridgehead atoms. The number of hydrogen-bond acceptors (Lipinski definition) is 4. The summed E-state index contributed by atoms with van der Waals surface area (Å²) in [5.41, 5.74) is 1.88. The van der Waals surface area contributed by atoms with Gasteiger partial charge in [-0.25, -0.2) is 4.79 Å². The van der Waals surface area contributed by atoms with Gasteiger partial charge in [-0.3, -0.25) is 0 Å². The number of carbonyl (C=O) groups excluding carboxylic acids is 1. The molecule has 15 heavy (non-hydrogen) atoms. The van der Waals surface area contributed by atoms with Gasteiger partial charge in [-0.15, -0.1) is 11.8 Å². The lowest BCUT2D eigenvalue weighted by atomic mass is 10.1. The molecule has 0 radical (unpaired) electrons. The molecule has 0 spiro atoms. The minimum Gasteiger partial charge on any atom is -0.465 e. The molecular formula is C11H14O2S2. The van der Waals surface area contributed by atoms with Crippen molar-refractivity contribution in [1.82, 2.24) is 0 Å². The van der Waals surface area contributed by atoms with Crippen molar-refractivity contribution >= 4 is 29.5 Å². The molecule has 0 saturated heterocycles. The monoisotopic (exact) mass is 242 g/mol. The van der Waals surface area contributed by atoms with E-state index in [9.17, 15) is 4.79 Å². The largest absolute Gasteiger partial charge is 0.465 e. The van der Waals surface area contributed by atoms with Crippen LogP contribution >= 0.6 is 23.5 Å². The Morgan fingerprint density at radius 2 is 2.13 bits per heavy atom. The van der Waals surface area contributed by atoms with Gasteiger partial charge in [-0.2, -0.15) is 11.8 Å². The summed E-state index contributed by atoms with van der Waals surface area (Å²) in [5, 5.41) is 0. The summed E-state index contributed by atoms with van der Waals surface area (Å²) in [6, 6.07) is 5.86. The van der Waals surface area contributed by atoms with Gasteiger partial charge in [0.2, 0.25) is 0 Å². The van der Waals surface area contributed by atoms with Gasteiger partial charge in [0.05, 0.1) is 12.7 Å². The van der Waals surface area contributed by atoms with Crippen LogP contribution in [0.1, 0.15) is 15.9 Å². The fraction of sp³-hybridized carbons (Fsp3) is 0.364. The van der Waals surface area contributed by atoms with Gasteiger partial charge in [0.15, 0.2) is 0 Å². The van der Waals surface area contributed by atoms with E-state index in [-0.39, 0.29) is 5.97 Å². The zero-order valence-corrected chi connectivity index (χ0v) is 10.7. The van der Waals surface area contributed by atoms with Crippen molar-refractivity contribution in [3.63, 3.8) is 0 Å². The quantitative estimate of drug-likeness (QED) is 0.599. The summed E-state index contributed by atoms with van der Waals surface area (Å²) in [6.45, 7) is 0. The van der Waals surface area contributed by atoms with Crippen LogP contribution in [0.3, 0.4) is 0 Å². The van der Waals surface area contributed by atoms with E-state index in [2.05, 4.69) is 6.26 Å². The predicted octanol–water partition coefficient (Wildman–Crippen LogP) is 3.06. The van der Waals surface area contributed by atoms with Crippen molar-refractivity contribution in [2.45, 2.75) is 10.6 Å². The minimum absolute atomic E-state index is 0.268. The number of methoxy groups -OCH3 is 1. The third kappa shape index (κ3) is 3.18. The van der Waals surface area contributed by atoms with Crippen LogP contribution in [0.2, 0.25) is 0 Å². The fourth-order valence-electron chi connectivity index (χ4n) is 1.27.